The summed E-state index contributed by atoms with van der Waals surface area (Å²) in [5, 5.41) is 6.68. The molecule has 1 aromatic carbocycles. The van der Waals surface area contributed by atoms with Crippen LogP contribution in [-0.4, -0.2) is 49.6 Å². The molecule has 3 heterocycles. The van der Waals surface area contributed by atoms with Crippen molar-refractivity contribution in [2.75, 3.05) is 31.6 Å². The van der Waals surface area contributed by atoms with Gasteiger partial charge in [-0.15, -0.1) is 0 Å². The molecular formula is C20H24N4O3S. The highest BCUT2D eigenvalue weighted by Crippen LogP contribution is 2.30. The van der Waals surface area contributed by atoms with Crippen LogP contribution in [0.5, 0.6) is 0 Å². The summed E-state index contributed by atoms with van der Waals surface area (Å²) in [4.78, 5) is 2.52. The van der Waals surface area contributed by atoms with Gasteiger partial charge in [0, 0.05) is 44.6 Å². The minimum atomic E-state index is -3.62. The van der Waals surface area contributed by atoms with Crippen molar-refractivity contribution in [1.29, 1.82) is 0 Å². The van der Waals surface area contributed by atoms with Gasteiger partial charge in [-0.05, 0) is 37.5 Å². The number of rotatable bonds is 6. The monoisotopic (exact) mass is 400 g/mol. The van der Waals surface area contributed by atoms with E-state index in [0.29, 0.717) is 29.7 Å². The number of sulfonamides is 1. The Hall–Kier alpha value is -2.58. The van der Waals surface area contributed by atoms with Gasteiger partial charge in [-0.2, -0.15) is 5.10 Å². The Morgan fingerprint density at radius 2 is 2.07 bits per heavy atom. The third-order valence-electron chi connectivity index (χ3n) is 5.25. The molecular weight excluding hydrogens is 376 g/mol. The summed E-state index contributed by atoms with van der Waals surface area (Å²) < 4.78 is 33.3. The van der Waals surface area contributed by atoms with E-state index in [1.54, 1.807) is 32.3 Å². The van der Waals surface area contributed by atoms with Crippen molar-refractivity contribution in [2.45, 2.75) is 18.2 Å². The third kappa shape index (κ3) is 3.57. The Morgan fingerprint density at radius 1 is 1.29 bits per heavy atom. The van der Waals surface area contributed by atoms with Gasteiger partial charge in [0.15, 0.2) is 5.76 Å². The van der Waals surface area contributed by atoms with Crippen LogP contribution in [0.2, 0.25) is 0 Å². The molecule has 1 aliphatic heterocycles. The van der Waals surface area contributed by atoms with E-state index in [-0.39, 0.29) is 4.90 Å². The normalized spacial score (nSPS) is 17.5. The molecule has 2 aromatic heterocycles. The molecule has 1 unspecified atom stereocenters. The summed E-state index contributed by atoms with van der Waals surface area (Å²) in [5.41, 5.74) is 1.84. The van der Waals surface area contributed by atoms with Gasteiger partial charge < -0.3 is 9.32 Å². The van der Waals surface area contributed by atoms with Crippen LogP contribution >= 0.6 is 0 Å². The lowest BCUT2D eigenvalue weighted by atomic mass is 10.1. The standard InChI is InChI=1S/C20H24N4O3S/c1-15-20(12-19(27-15)18-8-10-21-22-18)28(25,26)23(2)13-16-9-11-24(14-16)17-6-4-3-5-7-17/h3-8,10,12,16H,9,11,13-14H2,1-2H3,(H,21,22). The molecule has 0 radical (unpaired) electrons. The number of hydrogen-bond donors (Lipinski definition) is 1. The molecule has 0 aliphatic carbocycles. The first kappa shape index (κ1) is 18.8. The quantitative estimate of drug-likeness (QED) is 0.687. The number of aromatic nitrogens is 2. The first-order chi connectivity index (χ1) is 13.4. The maximum absolute atomic E-state index is 13.1. The largest absolute Gasteiger partial charge is 0.458 e. The Bertz CT molecular complexity index is 1030. The average Bonchev–Trinajstić information content (AvgIpc) is 3.43. The van der Waals surface area contributed by atoms with Gasteiger partial charge in [0.05, 0.1) is 0 Å². The van der Waals surface area contributed by atoms with E-state index in [1.807, 2.05) is 18.2 Å². The number of H-pyrrole nitrogens is 1. The number of nitrogens with zero attached hydrogens (tertiary/aromatic N) is 3. The topological polar surface area (TPSA) is 82.4 Å². The van der Waals surface area contributed by atoms with Gasteiger partial charge in [-0.1, -0.05) is 18.2 Å². The van der Waals surface area contributed by atoms with Gasteiger partial charge in [0.2, 0.25) is 10.0 Å². The van der Waals surface area contributed by atoms with Crippen molar-refractivity contribution < 1.29 is 12.8 Å². The van der Waals surface area contributed by atoms with Gasteiger partial charge >= 0.3 is 0 Å². The first-order valence-corrected chi connectivity index (χ1v) is 10.8. The van der Waals surface area contributed by atoms with Crippen molar-refractivity contribution in [1.82, 2.24) is 14.5 Å². The summed E-state index contributed by atoms with van der Waals surface area (Å²) in [5.74, 6) is 1.14. The summed E-state index contributed by atoms with van der Waals surface area (Å²) in [7, 11) is -1.98. The maximum atomic E-state index is 13.1. The molecule has 1 fully saturated rings. The predicted octanol–water partition coefficient (Wildman–Crippen LogP) is 3.13. The summed E-state index contributed by atoms with van der Waals surface area (Å²) in [6.07, 6.45) is 2.57. The molecule has 0 amide bonds. The Balaban J connectivity index is 1.47. The molecule has 148 valence electrons. The summed E-state index contributed by atoms with van der Waals surface area (Å²) in [6, 6.07) is 13.6. The maximum Gasteiger partial charge on any atom is 0.246 e. The molecule has 0 spiro atoms. The Kier molecular flexibility index (Phi) is 4.99. The SMILES string of the molecule is Cc1oc(-c2ccn[nH]2)cc1S(=O)(=O)N(C)CC1CCN(c2ccccc2)C1. The van der Waals surface area contributed by atoms with E-state index >= 15 is 0 Å². The average molecular weight is 401 g/mol. The van der Waals surface area contributed by atoms with Crippen LogP contribution in [0.15, 0.2) is 58.0 Å². The fraction of sp³-hybridized carbons (Fsp3) is 0.350. The highest BCUT2D eigenvalue weighted by atomic mass is 32.2. The van der Waals surface area contributed by atoms with Crippen LogP contribution in [0, 0.1) is 12.8 Å². The molecule has 1 N–H and O–H groups in total. The minimum absolute atomic E-state index is 0.206. The molecule has 1 aliphatic rings. The van der Waals surface area contributed by atoms with Crippen LogP contribution in [-0.2, 0) is 10.0 Å². The smallest absolute Gasteiger partial charge is 0.246 e. The predicted molar refractivity (Wildman–Crippen MR) is 108 cm³/mol. The van der Waals surface area contributed by atoms with E-state index < -0.39 is 10.0 Å². The zero-order valence-electron chi connectivity index (χ0n) is 16.0. The number of aromatic amines is 1. The lowest BCUT2D eigenvalue weighted by molar-refractivity contribution is 0.400. The highest BCUT2D eigenvalue weighted by Gasteiger charge is 2.31. The number of aryl methyl sites for hydroxylation is 1. The molecule has 1 atom stereocenters. The van der Waals surface area contributed by atoms with E-state index in [0.717, 1.165) is 19.5 Å². The third-order valence-corrected chi connectivity index (χ3v) is 7.18. The van der Waals surface area contributed by atoms with Crippen molar-refractivity contribution >= 4 is 15.7 Å². The van der Waals surface area contributed by atoms with Gasteiger partial charge in [0.1, 0.15) is 16.3 Å². The first-order valence-electron chi connectivity index (χ1n) is 9.31. The van der Waals surface area contributed by atoms with Crippen LogP contribution < -0.4 is 4.90 Å². The van der Waals surface area contributed by atoms with Crippen LogP contribution in [0.4, 0.5) is 5.69 Å². The van der Waals surface area contributed by atoms with Crippen LogP contribution in [0.3, 0.4) is 0 Å². The van der Waals surface area contributed by atoms with E-state index in [1.165, 1.54) is 9.99 Å². The second-order valence-corrected chi connectivity index (χ2v) is 9.24. The Morgan fingerprint density at radius 3 is 2.79 bits per heavy atom. The number of para-hydroxylation sites is 1. The number of benzene rings is 1. The van der Waals surface area contributed by atoms with Gasteiger partial charge in [-0.3, -0.25) is 5.10 Å². The lowest BCUT2D eigenvalue weighted by Gasteiger charge is -2.22. The molecule has 0 bridgehead atoms. The molecule has 7 nitrogen and oxygen atoms in total. The number of anilines is 1. The van der Waals surface area contributed by atoms with Crippen LogP contribution in [0.25, 0.3) is 11.5 Å². The molecule has 8 heteroatoms. The van der Waals surface area contributed by atoms with Gasteiger partial charge in [-0.25, -0.2) is 12.7 Å². The molecule has 28 heavy (non-hydrogen) atoms. The molecule has 3 aromatic rings. The van der Waals surface area contributed by atoms with Gasteiger partial charge in [0.25, 0.3) is 0 Å². The second-order valence-electron chi connectivity index (χ2n) is 7.22. The van der Waals surface area contributed by atoms with Crippen LogP contribution in [0.1, 0.15) is 12.2 Å². The van der Waals surface area contributed by atoms with Crippen molar-refractivity contribution in [2.24, 2.45) is 5.92 Å². The number of furan rings is 1. The zero-order chi connectivity index (χ0) is 19.7. The Labute approximate surface area is 165 Å². The van der Waals surface area contributed by atoms with E-state index in [4.69, 9.17) is 4.42 Å². The summed E-state index contributed by atoms with van der Waals surface area (Å²) >= 11 is 0. The van der Waals surface area contributed by atoms with Crippen molar-refractivity contribution in [3.05, 3.63) is 54.4 Å². The fourth-order valence-corrected chi connectivity index (χ4v) is 5.14. The van der Waals surface area contributed by atoms with E-state index in [2.05, 4.69) is 27.2 Å². The lowest BCUT2D eigenvalue weighted by Crippen LogP contribution is -2.33. The number of nitrogens with one attached hydrogen (secondary N) is 1. The van der Waals surface area contributed by atoms with Crippen molar-refractivity contribution in [3.8, 4) is 11.5 Å². The highest BCUT2D eigenvalue weighted by molar-refractivity contribution is 7.89. The molecule has 4 rings (SSSR count). The summed E-state index contributed by atoms with van der Waals surface area (Å²) in [6.45, 7) is 3.95. The molecule has 0 saturated carbocycles. The number of hydrogen-bond acceptors (Lipinski definition) is 5. The fourth-order valence-electron chi connectivity index (χ4n) is 3.73. The molecule has 1 saturated heterocycles. The zero-order valence-corrected chi connectivity index (χ0v) is 16.8. The van der Waals surface area contributed by atoms with E-state index in [9.17, 15) is 8.42 Å². The van der Waals surface area contributed by atoms with Crippen molar-refractivity contribution in [3.63, 3.8) is 0 Å². The minimum Gasteiger partial charge on any atom is -0.458 e. The second kappa shape index (κ2) is 7.44.